The predicted molar refractivity (Wildman–Crippen MR) is 178 cm³/mol. The Morgan fingerprint density at radius 1 is 0.512 bits per heavy atom. The second-order valence-electron chi connectivity index (χ2n) is 11.7. The fourth-order valence-electron chi connectivity index (χ4n) is 6.64. The van der Waals surface area contributed by atoms with E-state index in [-0.39, 0.29) is 5.41 Å². The number of benzene rings is 5. The van der Waals surface area contributed by atoms with Crippen molar-refractivity contribution in [1.82, 2.24) is 9.38 Å². The van der Waals surface area contributed by atoms with E-state index in [0.717, 1.165) is 45.0 Å². The Hall–Kier alpha value is -5.41. The number of nitrogens with zero attached hydrogens (tertiary/aromatic N) is 3. The summed E-state index contributed by atoms with van der Waals surface area (Å²) in [7, 11) is 0. The largest absolute Gasteiger partial charge is 0.310 e. The average Bonchev–Trinajstić information content (AvgIpc) is 3.45. The third-order valence-corrected chi connectivity index (χ3v) is 8.82. The Kier molecular flexibility index (Phi) is 5.80. The van der Waals surface area contributed by atoms with E-state index in [2.05, 4.69) is 169 Å². The molecule has 0 amide bonds. The van der Waals surface area contributed by atoms with Gasteiger partial charge in [0.25, 0.3) is 0 Å². The van der Waals surface area contributed by atoms with Gasteiger partial charge in [0.1, 0.15) is 5.65 Å². The van der Waals surface area contributed by atoms with E-state index in [1.807, 2.05) is 6.07 Å². The number of hydrogen-bond donors (Lipinski definition) is 0. The van der Waals surface area contributed by atoms with Gasteiger partial charge in [-0.15, -0.1) is 0 Å². The maximum Gasteiger partial charge on any atom is 0.138 e. The third-order valence-electron chi connectivity index (χ3n) is 8.82. The topological polar surface area (TPSA) is 20.5 Å². The summed E-state index contributed by atoms with van der Waals surface area (Å²) in [5.74, 6) is 0. The summed E-state index contributed by atoms with van der Waals surface area (Å²) in [5, 5.41) is 0. The molecule has 3 nitrogen and oxygen atoms in total. The molecule has 3 heteroatoms. The summed E-state index contributed by atoms with van der Waals surface area (Å²) in [6, 6.07) is 51.9. The molecule has 43 heavy (non-hydrogen) atoms. The van der Waals surface area contributed by atoms with Gasteiger partial charge in [0.05, 0.1) is 22.8 Å². The molecule has 0 spiro atoms. The van der Waals surface area contributed by atoms with E-state index in [1.165, 1.54) is 22.5 Å². The SMILES string of the molecule is CC1(C)c2ccccc2N(c2ccc(-c3ccn4c(-c5ccccc5)c(-c5ccccc5)nc4c3)cc2)c2ccccc21. The van der Waals surface area contributed by atoms with Crippen molar-refractivity contribution in [3.05, 3.63) is 163 Å². The fraction of sp³-hybridized carbons (Fsp3) is 0.0750. The summed E-state index contributed by atoms with van der Waals surface area (Å²) < 4.78 is 2.21. The molecule has 1 aliphatic heterocycles. The van der Waals surface area contributed by atoms with Crippen molar-refractivity contribution in [1.29, 1.82) is 0 Å². The molecule has 5 aromatic carbocycles. The number of fused-ring (bicyclic) bond motifs is 3. The lowest BCUT2D eigenvalue weighted by atomic mass is 9.73. The quantitative estimate of drug-likeness (QED) is 0.216. The minimum Gasteiger partial charge on any atom is -0.310 e. The fourth-order valence-corrected chi connectivity index (χ4v) is 6.64. The summed E-state index contributed by atoms with van der Waals surface area (Å²) in [6.45, 7) is 4.65. The van der Waals surface area contributed by atoms with Crippen molar-refractivity contribution in [2.45, 2.75) is 19.3 Å². The molecule has 3 heterocycles. The molecule has 7 aromatic rings. The average molecular weight is 554 g/mol. The van der Waals surface area contributed by atoms with Gasteiger partial charge in [0.2, 0.25) is 0 Å². The summed E-state index contributed by atoms with van der Waals surface area (Å²) in [5.41, 5.74) is 13.8. The first-order valence-corrected chi connectivity index (χ1v) is 14.8. The zero-order valence-corrected chi connectivity index (χ0v) is 24.3. The number of para-hydroxylation sites is 2. The van der Waals surface area contributed by atoms with Gasteiger partial charge >= 0.3 is 0 Å². The van der Waals surface area contributed by atoms with Crippen molar-refractivity contribution in [2.24, 2.45) is 0 Å². The summed E-state index contributed by atoms with van der Waals surface area (Å²) in [6.07, 6.45) is 2.15. The molecule has 0 saturated carbocycles. The highest BCUT2D eigenvalue weighted by atomic mass is 15.2. The van der Waals surface area contributed by atoms with Crippen molar-refractivity contribution in [3.63, 3.8) is 0 Å². The Bertz CT molecular complexity index is 2040. The smallest absolute Gasteiger partial charge is 0.138 e. The molecule has 206 valence electrons. The van der Waals surface area contributed by atoms with Gasteiger partial charge in [0, 0.05) is 28.4 Å². The van der Waals surface area contributed by atoms with Gasteiger partial charge in [-0.2, -0.15) is 0 Å². The van der Waals surface area contributed by atoms with Gasteiger partial charge in [-0.3, -0.25) is 4.40 Å². The van der Waals surface area contributed by atoms with Crippen LogP contribution in [0.5, 0.6) is 0 Å². The van der Waals surface area contributed by atoms with E-state index in [4.69, 9.17) is 4.98 Å². The van der Waals surface area contributed by atoms with E-state index >= 15 is 0 Å². The molecule has 0 unspecified atom stereocenters. The number of pyridine rings is 1. The van der Waals surface area contributed by atoms with Gasteiger partial charge in [-0.1, -0.05) is 123 Å². The zero-order chi connectivity index (χ0) is 29.0. The lowest BCUT2D eigenvalue weighted by molar-refractivity contribution is 0.632. The van der Waals surface area contributed by atoms with Crippen molar-refractivity contribution < 1.29 is 0 Å². The Morgan fingerprint density at radius 3 is 1.70 bits per heavy atom. The van der Waals surface area contributed by atoms with Crippen LogP contribution >= 0.6 is 0 Å². The van der Waals surface area contributed by atoms with Crippen LogP contribution in [0.4, 0.5) is 17.1 Å². The molecular weight excluding hydrogens is 522 g/mol. The Labute approximate surface area is 252 Å². The molecule has 0 bridgehead atoms. The second kappa shape index (κ2) is 9.85. The molecule has 0 aliphatic carbocycles. The van der Waals surface area contributed by atoms with E-state index in [1.54, 1.807) is 0 Å². The van der Waals surface area contributed by atoms with Crippen LogP contribution < -0.4 is 4.90 Å². The molecule has 8 rings (SSSR count). The first kappa shape index (κ1) is 25.3. The molecule has 0 radical (unpaired) electrons. The summed E-state index contributed by atoms with van der Waals surface area (Å²) >= 11 is 0. The molecule has 2 aromatic heterocycles. The predicted octanol–water partition coefficient (Wildman–Crippen LogP) is 10.4. The van der Waals surface area contributed by atoms with Crippen molar-refractivity contribution >= 4 is 22.7 Å². The van der Waals surface area contributed by atoms with Crippen LogP contribution in [0.3, 0.4) is 0 Å². The maximum atomic E-state index is 5.15. The third kappa shape index (κ3) is 4.08. The number of rotatable bonds is 4. The van der Waals surface area contributed by atoms with E-state index < -0.39 is 0 Å². The summed E-state index contributed by atoms with van der Waals surface area (Å²) in [4.78, 5) is 7.55. The maximum absolute atomic E-state index is 5.15. The van der Waals surface area contributed by atoms with Crippen LogP contribution in [0, 0.1) is 0 Å². The lowest BCUT2D eigenvalue weighted by Crippen LogP contribution is -2.30. The first-order valence-electron chi connectivity index (χ1n) is 14.8. The molecular formula is C40H31N3. The van der Waals surface area contributed by atoms with Crippen molar-refractivity contribution in [2.75, 3.05) is 4.90 Å². The number of anilines is 3. The number of aromatic nitrogens is 2. The monoisotopic (exact) mass is 553 g/mol. The standard InChI is InChI=1S/C40H31N3/c1-40(2)33-17-9-11-19-35(33)43(36-20-12-10-18-34(36)40)32-23-21-28(22-24-32)31-25-26-42-37(27-31)41-38(29-13-5-3-6-14-29)39(42)30-15-7-4-8-16-30/h3-27H,1-2H3. The first-order chi connectivity index (χ1) is 21.1. The molecule has 0 fully saturated rings. The lowest BCUT2D eigenvalue weighted by Gasteiger charge is -2.42. The molecule has 0 N–H and O–H groups in total. The number of hydrogen-bond acceptors (Lipinski definition) is 2. The van der Waals surface area contributed by atoms with E-state index in [0.29, 0.717) is 0 Å². The van der Waals surface area contributed by atoms with Gasteiger partial charge in [-0.05, 0) is 58.7 Å². The minimum absolute atomic E-state index is 0.0690. The highest BCUT2D eigenvalue weighted by Crippen LogP contribution is 2.51. The van der Waals surface area contributed by atoms with Gasteiger partial charge in [-0.25, -0.2) is 4.98 Å². The van der Waals surface area contributed by atoms with Crippen LogP contribution in [0.25, 0.3) is 39.3 Å². The van der Waals surface area contributed by atoms with E-state index in [9.17, 15) is 0 Å². The van der Waals surface area contributed by atoms with Crippen LogP contribution in [-0.4, -0.2) is 9.38 Å². The van der Waals surface area contributed by atoms with Crippen molar-refractivity contribution in [3.8, 4) is 33.6 Å². The zero-order valence-electron chi connectivity index (χ0n) is 24.3. The normalized spacial score (nSPS) is 13.5. The highest BCUT2D eigenvalue weighted by molar-refractivity contribution is 5.87. The van der Waals surface area contributed by atoms with Gasteiger partial charge < -0.3 is 4.90 Å². The van der Waals surface area contributed by atoms with Crippen LogP contribution in [0.2, 0.25) is 0 Å². The Morgan fingerprint density at radius 2 is 1.07 bits per heavy atom. The molecule has 0 saturated heterocycles. The second-order valence-corrected chi connectivity index (χ2v) is 11.7. The minimum atomic E-state index is -0.0690. The Balaban J connectivity index is 1.21. The highest BCUT2D eigenvalue weighted by Gasteiger charge is 2.36. The number of imidazole rings is 1. The molecule has 1 aliphatic rings. The van der Waals surface area contributed by atoms with Crippen LogP contribution in [0.1, 0.15) is 25.0 Å². The van der Waals surface area contributed by atoms with Crippen LogP contribution in [0.15, 0.2) is 152 Å². The van der Waals surface area contributed by atoms with Gasteiger partial charge in [0.15, 0.2) is 0 Å². The van der Waals surface area contributed by atoms with Crippen LogP contribution in [-0.2, 0) is 5.41 Å². The molecule has 0 atom stereocenters.